The summed E-state index contributed by atoms with van der Waals surface area (Å²) in [5.74, 6) is 0.987. The molecule has 0 aliphatic heterocycles. The van der Waals surface area contributed by atoms with Gasteiger partial charge >= 0.3 is 0 Å². The summed E-state index contributed by atoms with van der Waals surface area (Å²) in [6.07, 6.45) is 1.94. The normalized spacial score (nSPS) is 13.0. The van der Waals surface area contributed by atoms with Crippen molar-refractivity contribution in [2.45, 2.75) is 19.4 Å². The minimum Gasteiger partial charge on any atom is -0.497 e. The Balaban J connectivity index is 1.63. The highest BCUT2D eigenvalue weighted by atomic mass is 79.9. The number of amides is 2. The van der Waals surface area contributed by atoms with Gasteiger partial charge in [-0.05, 0) is 58.6 Å². The minimum absolute atomic E-state index is 0.0757. The van der Waals surface area contributed by atoms with Gasteiger partial charge in [0.25, 0.3) is 5.91 Å². The van der Waals surface area contributed by atoms with Gasteiger partial charge in [-0.2, -0.15) is 0 Å². The molecule has 0 atom stereocenters. The lowest BCUT2D eigenvalue weighted by Crippen LogP contribution is -2.23. The molecule has 0 aromatic heterocycles. The van der Waals surface area contributed by atoms with Crippen LogP contribution in [0.1, 0.15) is 28.8 Å². The summed E-state index contributed by atoms with van der Waals surface area (Å²) >= 11 is 3.39. The van der Waals surface area contributed by atoms with Gasteiger partial charge in [0, 0.05) is 18.2 Å². The Morgan fingerprint density at radius 3 is 2.41 bits per heavy atom. The van der Waals surface area contributed by atoms with Gasteiger partial charge in [0.15, 0.2) is 0 Å². The molecule has 142 valence electrons. The monoisotopic (exact) mass is 432 g/mol. The highest BCUT2D eigenvalue weighted by Crippen LogP contribution is 2.33. The first-order chi connectivity index (χ1) is 13.0. The van der Waals surface area contributed by atoms with E-state index in [0.29, 0.717) is 28.1 Å². The average Bonchev–Trinajstić information content (AvgIpc) is 3.51. The molecule has 2 aromatic rings. The Labute approximate surface area is 166 Å². The van der Waals surface area contributed by atoms with Crippen LogP contribution in [0, 0.1) is 5.92 Å². The number of ether oxygens (including phenoxy) is 2. The van der Waals surface area contributed by atoms with Crippen LogP contribution in [-0.4, -0.2) is 26.0 Å². The molecule has 0 bridgehead atoms. The molecule has 0 saturated heterocycles. The molecule has 2 amide bonds. The molecule has 1 aliphatic rings. The Kier molecular flexibility index (Phi) is 6.01. The van der Waals surface area contributed by atoms with Gasteiger partial charge in [0.05, 0.1) is 24.3 Å². The van der Waals surface area contributed by atoms with Crippen LogP contribution in [0.2, 0.25) is 0 Å². The summed E-state index contributed by atoms with van der Waals surface area (Å²) in [6.45, 7) is 0.355. The van der Waals surface area contributed by atoms with E-state index in [1.165, 1.54) is 7.11 Å². The van der Waals surface area contributed by atoms with Crippen LogP contribution in [0.3, 0.4) is 0 Å². The highest BCUT2D eigenvalue weighted by molar-refractivity contribution is 9.10. The van der Waals surface area contributed by atoms with Gasteiger partial charge in [-0.1, -0.05) is 12.1 Å². The van der Waals surface area contributed by atoms with E-state index in [1.54, 1.807) is 19.2 Å². The number of nitrogens with one attached hydrogen (secondary N) is 2. The van der Waals surface area contributed by atoms with Gasteiger partial charge < -0.3 is 20.1 Å². The van der Waals surface area contributed by atoms with E-state index in [2.05, 4.69) is 26.6 Å². The van der Waals surface area contributed by atoms with Crippen molar-refractivity contribution >= 4 is 33.4 Å². The number of halogens is 1. The zero-order valence-corrected chi connectivity index (χ0v) is 16.8. The number of methoxy groups -OCH3 is 2. The third kappa shape index (κ3) is 4.80. The molecule has 0 spiro atoms. The Hall–Kier alpha value is -2.54. The van der Waals surface area contributed by atoms with Gasteiger partial charge in [-0.3, -0.25) is 9.59 Å². The van der Waals surface area contributed by atoms with Crippen molar-refractivity contribution in [2.75, 3.05) is 19.5 Å². The van der Waals surface area contributed by atoms with Crippen LogP contribution in [-0.2, 0) is 11.3 Å². The Bertz CT molecular complexity index is 848. The largest absolute Gasteiger partial charge is 0.497 e. The first-order valence-electron chi connectivity index (χ1n) is 8.61. The van der Waals surface area contributed by atoms with Crippen LogP contribution in [0.25, 0.3) is 0 Å². The molecule has 2 aromatic carbocycles. The fourth-order valence-electron chi connectivity index (χ4n) is 2.64. The molecule has 1 aliphatic carbocycles. The number of rotatable bonds is 7. The standard InChI is InChI=1S/C20H21BrN2O4/c1-26-15-9-16(18(27-2)17(21)10-15)20(25)22-11-12-3-7-14(8-4-12)23-19(24)13-5-6-13/h3-4,7-10,13H,5-6,11H2,1-2H3,(H,22,25)(H,23,24). The van der Waals surface area contributed by atoms with Crippen LogP contribution in [0.4, 0.5) is 5.69 Å². The lowest BCUT2D eigenvalue weighted by atomic mass is 10.1. The zero-order chi connectivity index (χ0) is 19.4. The summed E-state index contributed by atoms with van der Waals surface area (Å²) in [7, 11) is 3.05. The third-order valence-electron chi connectivity index (χ3n) is 4.32. The number of carbonyl (C=O) groups is 2. The number of hydrogen-bond donors (Lipinski definition) is 2. The van der Waals surface area contributed by atoms with Gasteiger partial charge in [0.1, 0.15) is 11.5 Å². The van der Waals surface area contributed by atoms with E-state index >= 15 is 0 Å². The van der Waals surface area contributed by atoms with Crippen molar-refractivity contribution in [1.29, 1.82) is 0 Å². The summed E-state index contributed by atoms with van der Waals surface area (Å²) in [6, 6.07) is 10.8. The van der Waals surface area contributed by atoms with Crippen LogP contribution >= 0.6 is 15.9 Å². The van der Waals surface area contributed by atoms with E-state index in [4.69, 9.17) is 9.47 Å². The summed E-state index contributed by atoms with van der Waals surface area (Å²) in [5, 5.41) is 5.77. The molecule has 0 radical (unpaired) electrons. The maximum atomic E-state index is 12.6. The third-order valence-corrected chi connectivity index (χ3v) is 4.91. The van der Waals surface area contributed by atoms with E-state index in [1.807, 2.05) is 24.3 Å². The summed E-state index contributed by atoms with van der Waals surface area (Å²) < 4.78 is 11.2. The van der Waals surface area contributed by atoms with Crippen molar-refractivity contribution in [3.63, 3.8) is 0 Å². The summed E-state index contributed by atoms with van der Waals surface area (Å²) in [4.78, 5) is 24.4. The molecule has 3 rings (SSSR count). The SMILES string of the molecule is COc1cc(Br)c(OC)c(C(=O)NCc2ccc(NC(=O)C3CC3)cc2)c1. The molecule has 1 saturated carbocycles. The highest BCUT2D eigenvalue weighted by Gasteiger charge is 2.29. The first-order valence-corrected chi connectivity index (χ1v) is 9.40. The Morgan fingerprint density at radius 2 is 1.81 bits per heavy atom. The van der Waals surface area contributed by atoms with Crippen molar-refractivity contribution in [3.8, 4) is 11.5 Å². The first kappa shape index (κ1) is 19.2. The zero-order valence-electron chi connectivity index (χ0n) is 15.2. The number of anilines is 1. The van der Waals surface area contributed by atoms with Crippen molar-refractivity contribution in [1.82, 2.24) is 5.32 Å². The average molecular weight is 433 g/mol. The predicted molar refractivity (Wildman–Crippen MR) is 106 cm³/mol. The van der Waals surface area contributed by atoms with E-state index < -0.39 is 0 Å². The van der Waals surface area contributed by atoms with Gasteiger partial charge in [-0.15, -0.1) is 0 Å². The molecule has 0 heterocycles. The van der Waals surface area contributed by atoms with E-state index in [0.717, 1.165) is 24.1 Å². The second-order valence-corrected chi connectivity index (χ2v) is 7.19. The molecule has 6 nitrogen and oxygen atoms in total. The molecule has 7 heteroatoms. The van der Waals surface area contributed by atoms with Crippen LogP contribution in [0.15, 0.2) is 40.9 Å². The van der Waals surface area contributed by atoms with Gasteiger partial charge in [0.2, 0.25) is 5.91 Å². The lowest BCUT2D eigenvalue weighted by molar-refractivity contribution is -0.117. The van der Waals surface area contributed by atoms with Crippen molar-refractivity contribution in [3.05, 3.63) is 52.0 Å². The van der Waals surface area contributed by atoms with Crippen molar-refractivity contribution in [2.24, 2.45) is 5.92 Å². The van der Waals surface area contributed by atoms with Crippen molar-refractivity contribution < 1.29 is 19.1 Å². The fourth-order valence-corrected chi connectivity index (χ4v) is 3.24. The number of carbonyl (C=O) groups excluding carboxylic acids is 2. The topological polar surface area (TPSA) is 76.7 Å². The van der Waals surface area contributed by atoms with Gasteiger partial charge in [-0.25, -0.2) is 0 Å². The van der Waals surface area contributed by atoms with E-state index in [9.17, 15) is 9.59 Å². The molecular formula is C20H21BrN2O4. The smallest absolute Gasteiger partial charge is 0.255 e. The summed E-state index contributed by atoms with van der Waals surface area (Å²) in [5.41, 5.74) is 2.08. The van der Waals surface area contributed by atoms with Crippen LogP contribution in [0.5, 0.6) is 11.5 Å². The predicted octanol–water partition coefficient (Wildman–Crippen LogP) is 3.74. The van der Waals surface area contributed by atoms with Crippen LogP contribution < -0.4 is 20.1 Å². The second-order valence-electron chi connectivity index (χ2n) is 6.33. The molecule has 2 N–H and O–H groups in total. The van der Waals surface area contributed by atoms with E-state index in [-0.39, 0.29) is 17.7 Å². The molecule has 27 heavy (non-hydrogen) atoms. The quantitative estimate of drug-likeness (QED) is 0.698. The second kappa shape index (κ2) is 8.43. The minimum atomic E-state index is -0.266. The molecular weight excluding hydrogens is 412 g/mol. The number of hydrogen-bond acceptors (Lipinski definition) is 4. The number of benzene rings is 2. The molecule has 0 unspecified atom stereocenters. The maximum absolute atomic E-state index is 12.6. The lowest BCUT2D eigenvalue weighted by Gasteiger charge is -2.13. The molecule has 1 fully saturated rings. The maximum Gasteiger partial charge on any atom is 0.255 e. The Morgan fingerprint density at radius 1 is 1.11 bits per heavy atom. The fraction of sp³-hybridized carbons (Fsp3) is 0.300.